The fourth-order valence-electron chi connectivity index (χ4n) is 7.66. The molecule has 2 atom stereocenters. The van der Waals surface area contributed by atoms with Crippen molar-refractivity contribution in [2.75, 3.05) is 12.4 Å². The molecule has 6 nitrogen and oxygen atoms in total. The number of amides is 2. The van der Waals surface area contributed by atoms with E-state index in [0.29, 0.717) is 18.6 Å². The number of nitrogens with zero attached hydrogens (tertiary/aromatic N) is 1. The normalized spacial score (nSPS) is 38.5. The highest BCUT2D eigenvalue weighted by atomic mass is 32.2. The van der Waals surface area contributed by atoms with E-state index in [2.05, 4.69) is 5.32 Å². The van der Waals surface area contributed by atoms with Crippen molar-refractivity contribution in [3.63, 3.8) is 0 Å². The Bertz CT molecular complexity index is 963. The van der Waals surface area contributed by atoms with Crippen molar-refractivity contribution in [3.8, 4) is 0 Å². The van der Waals surface area contributed by atoms with Crippen LogP contribution in [-0.2, 0) is 24.0 Å². The molecule has 0 radical (unpaired) electrons. The molecule has 0 spiro atoms. The van der Waals surface area contributed by atoms with Crippen molar-refractivity contribution in [2.45, 2.75) is 67.8 Å². The van der Waals surface area contributed by atoms with Gasteiger partial charge in [0.1, 0.15) is 16.7 Å². The lowest BCUT2D eigenvalue weighted by Crippen LogP contribution is -2.60. The number of rotatable bonds is 5. The summed E-state index contributed by atoms with van der Waals surface area (Å²) in [6.45, 7) is -0.312. The molecule has 6 fully saturated rings. The Hall–Kier alpha value is -2.09. The van der Waals surface area contributed by atoms with Crippen LogP contribution in [0.3, 0.4) is 0 Å². The summed E-state index contributed by atoms with van der Waals surface area (Å²) in [4.78, 5) is 39.4. The van der Waals surface area contributed by atoms with Gasteiger partial charge in [-0.3, -0.25) is 9.59 Å². The molecule has 1 aromatic rings. The number of ether oxygens (including phenoxy) is 1. The Balaban J connectivity index is 1.10. The Kier molecular flexibility index (Phi) is 5.02. The number of halogens is 1. The van der Waals surface area contributed by atoms with Crippen LogP contribution in [0.1, 0.15) is 56.9 Å². The molecule has 4 saturated carbocycles. The lowest BCUT2D eigenvalue weighted by Gasteiger charge is -2.56. The van der Waals surface area contributed by atoms with Gasteiger partial charge in [-0.2, -0.15) is 0 Å². The van der Waals surface area contributed by atoms with Crippen molar-refractivity contribution < 1.29 is 23.5 Å². The van der Waals surface area contributed by atoms with Gasteiger partial charge in [0.05, 0.1) is 0 Å². The number of hydrogen-bond donors (Lipinski definition) is 1. The number of hydrogen-bond acceptors (Lipinski definition) is 5. The molecule has 33 heavy (non-hydrogen) atoms. The zero-order valence-corrected chi connectivity index (χ0v) is 19.4. The van der Waals surface area contributed by atoms with Crippen LogP contribution in [0.5, 0.6) is 0 Å². The Morgan fingerprint density at radius 2 is 1.73 bits per heavy atom. The number of carbonyl (C=O) groups excluding carboxylic acids is 3. The average molecular weight is 473 g/mol. The summed E-state index contributed by atoms with van der Waals surface area (Å²) in [6.07, 6.45) is 7.91. The van der Waals surface area contributed by atoms with Gasteiger partial charge in [-0.15, -0.1) is 11.8 Å². The maximum atomic E-state index is 13.4. The molecule has 2 heterocycles. The van der Waals surface area contributed by atoms with Gasteiger partial charge in [-0.25, -0.2) is 9.18 Å². The third-order valence-corrected chi connectivity index (χ3v) is 10.1. The summed E-state index contributed by atoms with van der Waals surface area (Å²) < 4.78 is 18.9. The molecule has 6 aliphatic rings. The summed E-state index contributed by atoms with van der Waals surface area (Å²) in [5.74, 6) is 1.33. The van der Waals surface area contributed by atoms with Crippen LogP contribution in [0.2, 0.25) is 0 Å². The van der Waals surface area contributed by atoms with Gasteiger partial charge in [0.15, 0.2) is 6.61 Å². The third-order valence-electron chi connectivity index (χ3n) is 8.48. The summed E-state index contributed by atoms with van der Waals surface area (Å²) in [5.41, 5.74) is 0.694. The Labute approximate surface area is 197 Å². The van der Waals surface area contributed by atoms with E-state index in [1.165, 1.54) is 43.2 Å². The zero-order valence-electron chi connectivity index (χ0n) is 18.6. The van der Waals surface area contributed by atoms with Gasteiger partial charge in [0.25, 0.3) is 5.91 Å². The molecule has 176 valence electrons. The van der Waals surface area contributed by atoms with E-state index in [1.54, 1.807) is 17.0 Å². The molecule has 4 bridgehead atoms. The maximum absolute atomic E-state index is 13.4. The predicted molar refractivity (Wildman–Crippen MR) is 120 cm³/mol. The monoisotopic (exact) mass is 472 g/mol. The van der Waals surface area contributed by atoms with E-state index in [-0.39, 0.29) is 29.8 Å². The Morgan fingerprint density at radius 3 is 2.36 bits per heavy atom. The largest absolute Gasteiger partial charge is 0.454 e. The highest BCUT2D eigenvalue weighted by Crippen LogP contribution is 2.56. The van der Waals surface area contributed by atoms with Crippen LogP contribution in [-0.4, -0.2) is 46.6 Å². The van der Waals surface area contributed by atoms with Crippen LogP contribution < -0.4 is 5.32 Å². The average Bonchev–Trinajstić information content (AvgIpc) is 3.30. The smallest absolute Gasteiger partial charge is 0.330 e. The number of esters is 1. The number of thioether (sulfide) groups is 1. The molecule has 0 unspecified atom stereocenters. The van der Waals surface area contributed by atoms with Crippen LogP contribution in [0.15, 0.2) is 24.3 Å². The maximum Gasteiger partial charge on any atom is 0.330 e. The molecule has 2 aliphatic heterocycles. The first-order chi connectivity index (χ1) is 15.9. The first kappa shape index (κ1) is 21.4. The van der Waals surface area contributed by atoms with Crippen molar-refractivity contribution in [2.24, 2.45) is 17.8 Å². The second kappa shape index (κ2) is 7.72. The number of benzene rings is 1. The number of nitrogens with one attached hydrogen (secondary N) is 1. The van der Waals surface area contributed by atoms with Gasteiger partial charge in [0, 0.05) is 17.7 Å². The molecule has 0 aromatic heterocycles. The van der Waals surface area contributed by atoms with Crippen LogP contribution >= 0.6 is 11.8 Å². The predicted octanol–water partition coefficient (Wildman–Crippen LogP) is 3.34. The van der Waals surface area contributed by atoms with Crippen LogP contribution in [0.25, 0.3) is 0 Å². The highest BCUT2D eigenvalue weighted by molar-refractivity contribution is 8.00. The lowest BCUT2D eigenvalue weighted by molar-refractivity contribution is -0.157. The van der Waals surface area contributed by atoms with Gasteiger partial charge in [-0.05, 0) is 80.4 Å². The fourth-order valence-corrected chi connectivity index (χ4v) is 9.29. The second-order valence-electron chi connectivity index (χ2n) is 10.7. The lowest BCUT2D eigenvalue weighted by atomic mass is 9.53. The van der Waals surface area contributed by atoms with Gasteiger partial charge in [0.2, 0.25) is 5.91 Å². The van der Waals surface area contributed by atoms with E-state index in [0.717, 1.165) is 42.6 Å². The summed E-state index contributed by atoms with van der Waals surface area (Å²) in [6, 6.07) is 5.39. The van der Waals surface area contributed by atoms with Crippen molar-refractivity contribution in [3.05, 3.63) is 35.6 Å². The van der Waals surface area contributed by atoms with Crippen LogP contribution in [0.4, 0.5) is 4.39 Å². The molecular weight excluding hydrogens is 443 g/mol. The quantitative estimate of drug-likeness (QED) is 0.666. The first-order valence-corrected chi connectivity index (χ1v) is 13.0. The standard InChI is InChI=1S/C25H29FN2O4S/c26-19-3-1-18(2-4-19)25-6-5-22(30)28(25)20(14-33-25)23(31)32-13-21(29)27-24-10-15-7-16(11-24)9-17(8-15)12-24/h1-4,15-17,20H,5-14H2,(H,27,29)/t15?,16?,17?,20-,24?,25-/m0/s1. The van der Waals surface area contributed by atoms with E-state index in [4.69, 9.17) is 4.74 Å². The molecule has 2 saturated heterocycles. The van der Waals surface area contributed by atoms with Crippen LogP contribution in [0, 0.1) is 23.6 Å². The van der Waals surface area contributed by atoms with Crippen molar-refractivity contribution in [1.29, 1.82) is 0 Å². The molecule has 1 N–H and O–H groups in total. The summed E-state index contributed by atoms with van der Waals surface area (Å²) >= 11 is 1.52. The minimum atomic E-state index is -0.734. The minimum Gasteiger partial charge on any atom is -0.454 e. The molecule has 8 heteroatoms. The fraction of sp³-hybridized carbons (Fsp3) is 0.640. The topological polar surface area (TPSA) is 75.7 Å². The second-order valence-corrected chi connectivity index (χ2v) is 12.0. The molecule has 4 aliphatic carbocycles. The van der Waals surface area contributed by atoms with Gasteiger partial charge < -0.3 is 15.0 Å². The first-order valence-electron chi connectivity index (χ1n) is 12.1. The van der Waals surface area contributed by atoms with E-state index < -0.39 is 16.9 Å². The van der Waals surface area contributed by atoms with Crippen molar-refractivity contribution >= 4 is 29.5 Å². The van der Waals surface area contributed by atoms with E-state index in [1.807, 2.05) is 0 Å². The number of carbonyl (C=O) groups is 3. The van der Waals surface area contributed by atoms with Crippen molar-refractivity contribution in [1.82, 2.24) is 10.2 Å². The number of fused-ring (bicyclic) bond motifs is 1. The molecule has 2 amide bonds. The van der Waals surface area contributed by atoms with Gasteiger partial charge in [-0.1, -0.05) is 12.1 Å². The highest BCUT2D eigenvalue weighted by Gasteiger charge is 2.57. The minimum absolute atomic E-state index is 0.107. The summed E-state index contributed by atoms with van der Waals surface area (Å²) in [7, 11) is 0. The zero-order chi connectivity index (χ0) is 22.8. The Morgan fingerprint density at radius 1 is 1.09 bits per heavy atom. The van der Waals surface area contributed by atoms with Gasteiger partial charge >= 0.3 is 5.97 Å². The van der Waals surface area contributed by atoms with E-state index in [9.17, 15) is 18.8 Å². The SMILES string of the molecule is O=C(COC(=O)[C@@H]1CS[C@]2(c3ccc(F)cc3)CCC(=O)N12)NC12CC3CC(CC(C3)C1)C2. The molecular formula is C25H29FN2O4S. The molecule has 7 rings (SSSR count). The van der Waals surface area contributed by atoms with E-state index >= 15 is 0 Å². The molecule has 1 aromatic carbocycles. The summed E-state index contributed by atoms with van der Waals surface area (Å²) in [5, 5.41) is 3.23. The third kappa shape index (κ3) is 3.56.